The predicted octanol–water partition coefficient (Wildman–Crippen LogP) is 5.59. The molecular weight excluding hydrogens is 520 g/mol. The number of carbonyl (C=O) groups is 2. The first-order valence-electron chi connectivity index (χ1n) is 13.3. The van der Waals surface area contributed by atoms with Gasteiger partial charge in [-0.3, -0.25) is 4.79 Å². The molecule has 210 valence electrons. The number of aliphatic carboxylic acids is 1. The molecule has 2 atom stereocenters. The van der Waals surface area contributed by atoms with E-state index in [0.717, 1.165) is 37.8 Å². The van der Waals surface area contributed by atoms with Crippen LogP contribution in [0.1, 0.15) is 54.0 Å². The van der Waals surface area contributed by atoms with E-state index in [1.807, 2.05) is 30.3 Å². The second-order valence-electron chi connectivity index (χ2n) is 10.1. The summed E-state index contributed by atoms with van der Waals surface area (Å²) in [5.74, 6) is -2.41. The van der Waals surface area contributed by atoms with Gasteiger partial charge >= 0.3 is 5.97 Å². The van der Waals surface area contributed by atoms with Gasteiger partial charge in [0.2, 0.25) is 0 Å². The number of rotatable bonds is 9. The van der Waals surface area contributed by atoms with Crippen molar-refractivity contribution in [3.63, 3.8) is 0 Å². The number of benzene rings is 3. The van der Waals surface area contributed by atoms with Gasteiger partial charge in [-0.05, 0) is 42.2 Å². The van der Waals surface area contributed by atoms with E-state index in [2.05, 4.69) is 0 Å². The summed E-state index contributed by atoms with van der Waals surface area (Å²) in [7, 11) is 1.45. The van der Waals surface area contributed by atoms with Crippen molar-refractivity contribution < 1.29 is 37.7 Å². The van der Waals surface area contributed by atoms with E-state index >= 15 is 0 Å². The normalized spacial score (nSPS) is 17.8. The molecule has 1 aliphatic heterocycles. The maximum absolute atomic E-state index is 14.3. The number of amides is 1. The lowest BCUT2D eigenvalue weighted by Crippen LogP contribution is -2.50. The molecule has 1 saturated carbocycles. The summed E-state index contributed by atoms with van der Waals surface area (Å²) in [5.41, 5.74) is 2.06. The first-order chi connectivity index (χ1) is 19.4. The summed E-state index contributed by atoms with van der Waals surface area (Å²) in [4.78, 5) is 27.9. The summed E-state index contributed by atoms with van der Waals surface area (Å²) in [6.07, 6.45) is 2.74. The molecule has 1 aliphatic carbocycles. The van der Waals surface area contributed by atoms with Crippen molar-refractivity contribution in [1.82, 2.24) is 4.90 Å². The van der Waals surface area contributed by atoms with Crippen molar-refractivity contribution in [2.24, 2.45) is 0 Å². The number of hydrogen-bond donors (Lipinski definition) is 1. The van der Waals surface area contributed by atoms with Gasteiger partial charge in [0.1, 0.15) is 24.3 Å². The summed E-state index contributed by atoms with van der Waals surface area (Å²) < 4.78 is 45.3. The molecule has 1 fully saturated rings. The standard InChI is InChI=1S/C31H31F2NO6/c1-38-27-14-12-20-17-34(30(35)28(19-7-3-2-4-8-19)40-23-9-5-6-10-23)26(31(36)37)16-24(20)29(27)39-18-21-11-13-22(32)15-25(21)33/h2-4,7-8,11-15,23,26,28H,5-6,9-10,16-18H2,1H3,(H,36,37)/t26-,28+/m0/s1. The first kappa shape index (κ1) is 27.6. The SMILES string of the molecule is COc1ccc2c(c1OCc1ccc(F)cc1F)C[C@@H](C(=O)O)N(C(=O)[C@H](OC1CCCC1)c1ccccc1)C2. The molecule has 0 spiro atoms. The molecule has 1 N–H and O–H groups in total. The molecule has 0 radical (unpaired) electrons. The highest BCUT2D eigenvalue weighted by molar-refractivity contribution is 5.88. The average molecular weight is 552 g/mol. The van der Waals surface area contributed by atoms with Crippen LogP contribution in [0.4, 0.5) is 8.78 Å². The molecule has 0 saturated heterocycles. The molecule has 3 aromatic rings. The maximum Gasteiger partial charge on any atom is 0.326 e. The molecule has 9 heteroatoms. The van der Waals surface area contributed by atoms with Crippen molar-refractivity contribution in [3.05, 3.63) is 94.6 Å². The van der Waals surface area contributed by atoms with E-state index < -0.39 is 35.7 Å². The minimum absolute atomic E-state index is 0.0216. The minimum atomic E-state index is -1.18. The van der Waals surface area contributed by atoms with Gasteiger partial charge < -0.3 is 24.2 Å². The zero-order valence-electron chi connectivity index (χ0n) is 22.1. The zero-order valence-corrected chi connectivity index (χ0v) is 22.1. The van der Waals surface area contributed by atoms with Gasteiger partial charge in [0.25, 0.3) is 5.91 Å². The van der Waals surface area contributed by atoms with Crippen LogP contribution in [0, 0.1) is 11.6 Å². The number of halogens is 2. The summed E-state index contributed by atoms with van der Waals surface area (Å²) in [5, 5.41) is 10.2. The van der Waals surface area contributed by atoms with E-state index in [1.165, 1.54) is 18.1 Å². The predicted molar refractivity (Wildman–Crippen MR) is 142 cm³/mol. The fourth-order valence-corrected chi connectivity index (χ4v) is 5.45. The lowest BCUT2D eigenvalue weighted by Gasteiger charge is -2.37. The van der Waals surface area contributed by atoms with Gasteiger partial charge in [0, 0.05) is 30.2 Å². The van der Waals surface area contributed by atoms with Crippen molar-refractivity contribution in [2.75, 3.05) is 7.11 Å². The Labute approximate surface area is 231 Å². The van der Waals surface area contributed by atoms with Crippen LogP contribution in [0.5, 0.6) is 11.5 Å². The molecule has 7 nitrogen and oxygen atoms in total. The van der Waals surface area contributed by atoms with Gasteiger partial charge in [-0.15, -0.1) is 0 Å². The van der Waals surface area contributed by atoms with E-state index in [-0.39, 0.29) is 37.0 Å². The quantitative estimate of drug-likeness (QED) is 0.373. The van der Waals surface area contributed by atoms with Crippen molar-refractivity contribution in [3.8, 4) is 11.5 Å². The molecule has 2 aliphatic rings. The highest BCUT2D eigenvalue weighted by atomic mass is 19.1. The lowest BCUT2D eigenvalue weighted by molar-refractivity contribution is -0.160. The van der Waals surface area contributed by atoms with Gasteiger partial charge in [-0.2, -0.15) is 0 Å². The van der Waals surface area contributed by atoms with Crippen LogP contribution in [-0.4, -0.2) is 41.1 Å². The molecule has 1 heterocycles. The molecule has 40 heavy (non-hydrogen) atoms. The number of fused-ring (bicyclic) bond motifs is 1. The van der Waals surface area contributed by atoms with Crippen LogP contribution in [0.15, 0.2) is 60.7 Å². The Morgan fingerprint density at radius 2 is 1.80 bits per heavy atom. The topological polar surface area (TPSA) is 85.3 Å². The molecular formula is C31H31F2NO6. The Morgan fingerprint density at radius 3 is 2.48 bits per heavy atom. The summed E-state index contributed by atoms with van der Waals surface area (Å²) in [6, 6.07) is 14.6. The monoisotopic (exact) mass is 551 g/mol. The number of ether oxygens (including phenoxy) is 3. The van der Waals surface area contributed by atoms with Gasteiger partial charge in [-0.25, -0.2) is 13.6 Å². The average Bonchev–Trinajstić information content (AvgIpc) is 3.48. The Bertz CT molecular complexity index is 1380. The first-order valence-corrected chi connectivity index (χ1v) is 13.3. The number of carbonyl (C=O) groups excluding carboxylic acids is 1. The molecule has 5 rings (SSSR count). The molecule has 0 unspecified atom stereocenters. The van der Waals surface area contributed by atoms with Crippen molar-refractivity contribution in [2.45, 2.75) is 63.5 Å². The van der Waals surface area contributed by atoms with Gasteiger partial charge in [0.05, 0.1) is 13.2 Å². The number of hydrogen-bond acceptors (Lipinski definition) is 5. The van der Waals surface area contributed by atoms with E-state index in [0.29, 0.717) is 22.4 Å². The fraction of sp³-hybridized carbons (Fsp3) is 0.355. The lowest BCUT2D eigenvalue weighted by atomic mass is 9.91. The molecule has 3 aromatic carbocycles. The van der Waals surface area contributed by atoms with Crippen molar-refractivity contribution in [1.29, 1.82) is 0 Å². The van der Waals surface area contributed by atoms with E-state index in [9.17, 15) is 23.5 Å². The maximum atomic E-state index is 14.3. The van der Waals surface area contributed by atoms with Crippen LogP contribution in [0.3, 0.4) is 0 Å². The van der Waals surface area contributed by atoms with Crippen LogP contribution in [0.2, 0.25) is 0 Å². The van der Waals surface area contributed by atoms with Gasteiger partial charge in [0.15, 0.2) is 17.6 Å². The molecule has 0 bridgehead atoms. The van der Waals surface area contributed by atoms with Crippen molar-refractivity contribution >= 4 is 11.9 Å². The van der Waals surface area contributed by atoms with Gasteiger partial charge in [-0.1, -0.05) is 49.2 Å². The number of nitrogens with zero attached hydrogens (tertiary/aromatic N) is 1. The van der Waals surface area contributed by atoms with E-state index in [4.69, 9.17) is 14.2 Å². The molecule has 1 amide bonds. The third-order valence-corrected chi connectivity index (χ3v) is 7.57. The molecule has 0 aromatic heterocycles. The van der Waals surface area contributed by atoms with Crippen LogP contribution < -0.4 is 9.47 Å². The third kappa shape index (κ3) is 5.79. The van der Waals surface area contributed by atoms with Crippen LogP contribution >= 0.6 is 0 Å². The minimum Gasteiger partial charge on any atom is -0.493 e. The second kappa shape index (κ2) is 12.0. The highest BCUT2D eigenvalue weighted by Gasteiger charge is 2.41. The zero-order chi connectivity index (χ0) is 28.2. The Hall–Kier alpha value is -3.98. The second-order valence-corrected chi connectivity index (χ2v) is 10.1. The Kier molecular flexibility index (Phi) is 8.30. The highest BCUT2D eigenvalue weighted by Crippen LogP contribution is 2.40. The largest absolute Gasteiger partial charge is 0.493 e. The van der Waals surface area contributed by atoms with Crippen LogP contribution in [-0.2, 0) is 33.9 Å². The summed E-state index contributed by atoms with van der Waals surface area (Å²) >= 11 is 0. The van der Waals surface area contributed by atoms with E-state index in [1.54, 1.807) is 12.1 Å². The van der Waals surface area contributed by atoms with Crippen LogP contribution in [0.25, 0.3) is 0 Å². The smallest absolute Gasteiger partial charge is 0.326 e. The Morgan fingerprint density at radius 1 is 1.05 bits per heavy atom. The summed E-state index contributed by atoms with van der Waals surface area (Å²) in [6.45, 7) is -0.196. The number of carboxylic acids is 1. The Balaban J connectivity index is 1.46. The third-order valence-electron chi connectivity index (χ3n) is 7.57. The number of methoxy groups -OCH3 is 1. The fourth-order valence-electron chi connectivity index (χ4n) is 5.45. The number of carboxylic acid groups (broad SMARTS) is 1.